The number of pyridine rings is 1. The van der Waals surface area contributed by atoms with Crippen LogP contribution in [-0.4, -0.2) is 56.6 Å². The third kappa shape index (κ3) is 3.90. The molecule has 4 aromatic rings. The quantitative estimate of drug-likeness (QED) is 0.446. The van der Waals surface area contributed by atoms with Crippen LogP contribution >= 0.6 is 0 Å². The molecule has 0 bridgehead atoms. The van der Waals surface area contributed by atoms with E-state index in [1.807, 2.05) is 42.9 Å². The third-order valence-corrected chi connectivity index (χ3v) is 6.34. The fourth-order valence-corrected chi connectivity index (χ4v) is 4.35. The van der Waals surface area contributed by atoms with Gasteiger partial charge in [-0.1, -0.05) is 13.0 Å². The van der Waals surface area contributed by atoms with Crippen LogP contribution in [0, 0.1) is 12.3 Å². The molecule has 3 aromatic heterocycles. The molecule has 1 aliphatic rings. The van der Waals surface area contributed by atoms with Gasteiger partial charge in [-0.05, 0) is 31.0 Å². The van der Waals surface area contributed by atoms with E-state index in [1.165, 1.54) is 0 Å². The summed E-state index contributed by atoms with van der Waals surface area (Å²) in [5.41, 5.74) is 10.3. The number of hydrogen-bond acceptors (Lipinski definition) is 9. The average Bonchev–Trinajstić information content (AvgIpc) is 3.46. The molecule has 1 aliphatic heterocycles. The number of benzene rings is 1. The minimum atomic E-state index is 0.0547. The van der Waals surface area contributed by atoms with E-state index < -0.39 is 0 Å². The van der Waals surface area contributed by atoms with Crippen LogP contribution in [0.25, 0.3) is 33.5 Å². The molecule has 1 fully saturated rings. The molecule has 176 valence electrons. The highest BCUT2D eigenvalue weighted by molar-refractivity contribution is 6.01. The van der Waals surface area contributed by atoms with Gasteiger partial charge in [0.25, 0.3) is 0 Å². The number of aryl methyl sites for hydroxylation is 2. The Labute approximate surface area is 197 Å². The molecular weight excluding hydrogens is 432 g/mol. The number of nitrogens with one attached hydrogen (secondary N) is 1. The van der Waals surface area contributed by atoms with Crippen molar-refractivity contribution in [3.63, 3.8) is 0 Å². The number of aromatic nitrogens is 6. The van der Waals surface area contributed by atoms with E-state index in [0.29, 0.717) is 22.8 Å². The van der Waals surface area contributed by atoms with E-state index in [-0.39, 0.29) is 11.4 Å². The summed E-state index contributed by atoms with van der Waals surface area (Å²) in [6.45, 7) is 6.44. The van der Waals surface area contributed by atoms with Gasteiger partial charge in [-0.3, -0.25) is 0 Å². The SMILES string of the molecule is COc1cc(-c2nncn2C)ccc1-c1nc(N)nc2c(NCC3(C)CCOC3)ncc(C)c12. The zero-order valence-electron chi connectivity index (χ0n) is 19.8. The van der Waals surface area contributed by atoms with Gasteiger partial charge in [-0.15, -0.1) is 10.2 Å². The van der Waals surface area contributed by atoms with Gasteiger partial charge in [-0.25, -0.2) is 15.0 Å². The maximum atomic E-state index is 6.18. The number of nitrogen functional groups attached to an aromatic ring is 1. The highest BCUT2D eigenvalue weighted by Gasteiger charge is 2.30. The molecule has 0 radical (unpaired) electrons. The fraction of sp³-hybridized carbons (Fsp3) is 0.375. The lowest BCUT2D eigenvalue weighted by Gasteiger charge is -2.23. The molecule has 0 saturated carbocycles. The fourth-order valence-electron chi connectivity index (χ4n) is 4.35. The van der Waals surface area contributed by atoms with Crippen molar-refractivity contribution in [2.75, 3.05) is 37.9 Å². The van der Waals surface area contributed by atoms with Gasteiger partial charge < -0.3 is 25.1 Å². The van der Waals surface area contributed by atoms with E-state index in [2.05, 4.69) is 37.4 Å². The monoisotopic (exact) mass is 460 g/mol. The Hall–Kier alpha value is -3.79. The van der Waals surface area contributed by atoms with E-state index in [0.717, 1.165) is 54.1 Å². The molecular formula is C24H28N8O2. The maximum Gasteiger partial charge on any atom is 0.221 e. The van der Waals surface area contributed by atoms with Crippen molar-refractivity contribution in [3.05, 3.63) is 36.3 Å². The minimum Gasteiger partial charge on any atom is -0.496 e. The predicted molar refractivity (Wildman–Crippen MR) is 131 cm³/mol. The summed E-state index contributed by atoms with van der Waals surface area (Å²) in [6, 6.07) is 5.87. The summed E-state index contributed by atoms with van der Waals surface area (Å²) in [7, 11) is 3.54. The summed E-state index contributed by atoms with van der Waals surface area (Å²) >= 11 is 0. The van der Waals surface area contributed by atoms with E-state index in [1.54, 1.807) is 13.4 Å². The first-order valence-electron chi connectivity index (χ1n) is 11.2. The number of fused-ring (bicyclic) bond motifs is 1. The van der Waals surface area contributed by atoms with Crippen LogP contribution in [0.3, 0.4) is 0 Å². The molecule has 1 atom stereocenters. The normalized spacial score (nSPS) is 17.9. The Balaban J connectivity index is 1.62. The number of methoxy groups -OCH3 is 1. The van der Waals surface area contributed by atoms with Gasteiger partial charge in [0.1, 0.15) is 17.6 Å². The number of nitrogens with zero attached hydrogens (tertiary/aromatic N) is 6. The molecule has 0 aliphatic carbocycles. The van der Waals surface area contributed by atoms with Gasteiger partial charge in [0, 0.05) is 48.3 Å². The Bertz CT molecular complexity index is 1360. The Morgan fingerprint density at radius 2 is 2.15 bits per heavy atom. The van der Waals surface area contributed by atoms with Gasteiger partial charge >= 0.3 is 0 Å². The van der Waals surface area contributed by atoms with Crippen molar-refractivity contribution >= 4 is 22.7 Å². The molecule has 10 heteroatoms. The molecule has 5 rings (SSSR count). The second-order valence-corrected chi connectivity index (χ2v) is 9.09. The largest absolute Gasteiger partial charge is 0.496 e. The molecule has 10 nitrogen and oxygen atoms in total. The van der Waals surface area contributed by atoms with E-state index in [4.69, 9.17) is 15.2 Å². The number of rotatable bonds is 6. The van der Waals surface area contributed by atoms with Crippen LogP contribution in [0.15, 0.2) is 30.7 Å². The predicted octanol–water partition coefficient (Wildman–Crippen LogP) is 3.23. The molecule has 34 heavy (non-hydrogen) atoms. The van der Waals surface area contributed by atoms with Gasteiger partial charge in [0.05, 0.1) is 19.4 Å². The van der Waals surface area contributed by atoms with Crippen LogP contribution in [-0.2, 0) is 11.8 Å². The first-order chi connectivity index (χ1) is 16.4. The lowest BCUT2D eigenvalue weighted by molar-refractivity contribution is 0.164. The lowest BCUT2D eigenvalue weighted by Crippen LogP contribution is -2.27. The number of nitrogens with two attached hydrogens (primary N) is 1. The van der Waals surface area contributed by atoms with Crippen molar-refractivity contribution < 1.29 is 9.47 Å². The summed E-state index contributed by atoms with van der Waals surface area (Å²) in [6.07, 6.45) is 4.50. The van der Waals surface area contributed by atoms with Crippen LogP contribution in [0.2, 0.25) is 0 Å². The average molecular weight is 461 g/mol. The van der Waals surface area contributed by atoms with Gasteiger partial charge in [0.15, 0.2) is 11.6 Å². The number of hydrogen-bond donors (Lipinski definition) is 2. The standard InChI is InChI=1S/C24H28N8O2/c1-14-10-26-21(27-11-24(2)7-8-34-12-24)20-18(14)19(29-23(25)30-20)16-6-5-15(9-17(16)33-4)22-31-28-13-32(22)3/h5-6,9-10,13H,7-8,11-12H2,1-4H3,(H,26,27)(H2,25,29,30). The second kappa shape index (κ2) is 8.53. The molecule has 3 N–H and O–H groups in total. The maximum absolute atomic E-state index is 6.18. The molecule has 4 heterocycles. The van der Waals surface area contributed by atoms with Crippen LogP contribution < -0.4 is 15.8 Å². The summed E-state index contributed by atoms with van der Waals surface area (Å²) in [5, 5.41) is 12.5. The zero-order chi connectivity index (χ0) is 23.9. The van der Waals surface area contributed by atoms with Crippen molar-refractivity contribution in [2.24, 2.45) is 12.5 Å². The number of ether oxygens (including phenoxy) is 2. The van der Waals surface area contributed by atoms with Gasteiger partial charge in [0.2, 0.25) is 5.95 Å². The van der Waals surface area contributed by atoms with Crippen LogP contribution in [0.5, 0.6) is 5.75 Å². The Kier molecular flexibility index (Phi) is 5.52. The topological polar surface area (TPSA) is 126 Å². The first-order valence-corrected chi connectivity index (χ1v) is 11.2. The van der Waals surface area contributed by atoms with Crippen molar-refractivity contribution in [3.8, 4) is 28.4 Å². The van der Waals surface area contributed by atoms with E-state index in [9.17, 15) is 0 Å². The number of anilines is 2. The van der Waals surface area contributed by atoms with Crippen LogP contribution in [0.1, 0.15) is 18.9 Å². The Morgan fingerprint density at radius 1 is 1.29 bits per heavy atom. The van der Waals surface area contributed by atoms with Crippen molar-refractivity contribution in [1.82, 2.24) is 29.7 Å². The Morgan fingerprint density at radius 3 is 2.85 bits per heavy atom. The molecule has 0 amide bonds. The molecule has 1 saturated heterocycles. The molecule has 0 spiro atoms. The van der Waals surface area contributed by atoms with Crippen molar-refractivity contribution in [2.45, 2.75) is 20.3 Å². The van der Waals surface area contributed by atoms with E-state index >= 15 is 0 Å². The van der Waals surface area contributed by atoms with Gasteiger partial charge in [-0.2, -0.15) is 0 Å². The smallest absolute Gasteiger partial charge is 0.221 e. The molecule has 1 unspecified atom stereocenters. The third-order valence-electron chi connectivity index (χ3n) is 6.34. The first kappa shape index (κ1) is 22.0. The lowest BCUT2D eigenvalue weighted by atomic mass is 9.90. The highest BCUT2D eigenvalue weighted by atomic mass is 16.5. The minimum absolute atomic E-state index is 0.0547. The highest BCUT2D eigenvalue weighted by Crippen LogP contribution is 2.39. The zero-order valence-corrected chi connectivity index (χ0v) is 19.8. The summed E-state index contributed by atoms with van der Waals surface area (Å²) in [5.74, 6) is 2.25. The summed E-state index contributed by atoms with van der Waals surface area (Å²) in [4.78, 5) is 13.8. The molecule has 1 aromatic carbocycles. The van der Waals surface area contributed by atoms with Crippen LogP contribution in [0.4, 0.5) is 11.8 Å². The van der Waals surface area contributed by atoms with Crippen molar-refractivity contribution in [1.29, 1.82) is 0 Å². The second-order valence-electron chi connectivity index (χ2n) is 9.09. The summed E-state index contributed by atoms with van der Waals surface area (Å²) < 4.78 is 13.2.